The average Bonchev–Trinajstić information content (AvgIpc) is 3.02. The first kappa shape index (κ1) is 18.0. The van der Waals surface area contributed by atoms with Crippen molar-refractivity contribution in [2.45, 2.75) is 31.5 Å². The lowest BCUT2D eigenvalue weighted by Crippen LogP contribution is -2.58. The number of nitrogens with zero attached hydrogens (tertiary/aromatic N) is 1. The van der Waals surface area contributed by atoms with Gasteiger partial charge in [-0.1, -0.05) is 12.1 Å². The zero-order valence-electron chi connectivity index (χ0n) is 14.4. The van der Waals surface area contributed by atoms with Crippen LogP contribution in [0.5, 0.6) is 0 Å². The van der Waals surface area contributed by atoms with Gasteiger partial charge in [0.15, 0.2) is 5.11 Å². The Kier molecular flexibility index (Phi) is 5.51. The highest BCUT2D eigenvalue weighted by Crippen LogP contribution is 2.26. The summed E-state index contributed by atoms with van der Waals surface area (Å²) in [6, 6.07) is 6.41. The largest absolute Gasteiger partial charge is 0.360 e. The highest BCUT2D eigenvalue weighted by atomic mass is 32.1. The molecule has 2 saturated heterocycles. The maximum atomic E-state index is 13.1. The summed E-state index contributed by atoms with van der Waals surface area (Å²) in [4.78, 5) is 14.5. The average molecular weight is 365 g/mol. The Labute approximate surface area is 152 Å². The Morgan fingerprint density at radius 1 is 1.32 bits per heavy atom. The molecule has 2 aliphatic rings. The Bertz CT molecular complexity index is 640. The number of hydrogen-bond acceptors (Lipinski definition) is 4. The highest BCUT2D eigenvalue weighted by molar-refractivity contribution is 7.80. The summed E-state index contributed by atoms with van der Waals surface area (Å²) in [5.74, 6) is -0.00780. The standard InChI is InChI=1S/C17H24FN5OS/c1-10-7-14(21-17(25)20-10)16(24)23(2)9-12-8-19-22-15(12)11-3-5-13(18)6-4-11/h3-6,10,12,14-15,19,22H,7-9H2,1-2H3,(H2,20,21,25)/t10-,12?,14+,15?/m1/s1. The molecule has 2 aliphatic heterocycles. The number of benzene rings is 1. The molecule has 2 fully saturated rings. The van der Waals surface area contributed by atoms with E-state index in [1.807, 2.05) is 14.0 Å². The van der Waals surface area contributed by atoms with Crippen molar-refractivity contribution in [3.05, 3.63) is 35.6 Å². The third kappa shape index (κ3) is 4.26. The van der Waals surface area contributed by atoms with E-state index in [2.05, 4.69) is 21.5 Å². The maximum absolute atomic E-state index is 13.1. The number of carbonyl (C=O) groups is 1. The maximum Gasteiger partial charge on any atom is 0.244 e. The number of rotatable bonds is 4. The first-order valence-corrected chi connectivity index (χ1v) is 8.90. The molecule has 0 aliphatic carbocycles. The summed E-state index contributed by atoms with van der Waals surface area (Å²) in [6.07, 6.45) is 0.700. The predicted octanol–water partition coefficient (Wildman–Crippen LogP) is 0.674. The Balaban J connectivity index is 1.63. The van der Waals surface area contributed by atoms with Crippen LogP contribution in [-0.4, -0.2) is 48.1 Å². The molecule has 4 N–H and O–H groups in total. The summed E-state index contributed by atoms with van der Waals surface area (Å²) >= 11 is 5.16. The molecule has 2 unspecified atom stereocenters. The van der Waals surface area contributed by atoms with Gasteiger partial charge in [0.05, 0.1) is 6.04 Å². The summed E-state index contributed by atoms with van der Waals surface area (Å²) < 4.78 is 13.1. The molecular formula is C17H24FN5OS. The normalized spacial score (nSPS) is 29.0. The van der Waals surface area contributed by atoms with Gasteiger partial charge in [0.2, 0.25) is 5.91 Å². The van der Waals surface area contributed by atoms with Crippen molar-refractivity contribution in [3.63, 3.8) is 0 Å². The summed E-state index contributed by atoms with van der Waals surface area (Å²) in [5, 5.41) is 6.69. The second-order valence-electron chi connectivity index (χ2n) is 6.84. The molecule has 0 spiro atoms. The molecule has 3 rings (SSSR count). The minimum atomic E-state index is -0.291. The first-order valence-electron chi connectivity index (χ1n) is 8.50. The van der Waals surface area contributed by atoms with Crippen LogP contribution in [0.3, 0.4) is 0 Å². The number of likely N-dealkylation sites (N-methyl/N-ethyl adjacent to an activating group) is 1. The van der Waals surface area contributed by atoms with E-state index in [0.717, 1.165) is 12.1 Å². The molecule has 1 aromatic rings. The van der Waals surface area contributed by atoms with Crippen LogP contribution in [0.1, 0.15) is 24.9 Å². The van der Waals surface area contributed by atoms with Crippen LogP contribution in [-0.2, 0) is 4.79 Å². The number of thiocarbonyl (C=S) groups is 1. The lowest BCUT2D eigenvalue weighted by atomic mass is 9.94. The van der Waals surface area contributed by atoms with E-state index in [9.17, 15) is 9.18 Å². The fraction of sp³-hybridized carbons (Fsp3) is 0.529. The Morgan fingerprint density at radius 2 is 2.04 bits per heavy atom. The summed E-state index contributed by atoms with van der Waals surface area (Å²) in [6.45, 7) is 3.37. The van der Waals surface area contributed by atoms with Crippen molar-refractivity contribution in [1.29, 1.82) is 0 Å². The molecule has 0 aromatic heterocycles. The number of halogens is 1. The van der Waals surface area contributed by atoms with E-state index in [1.165, 1.54) is 12.1 Å². The molecule has 0 bridgehead atoms. The topological polar surface area (TPSA) is 68.4 Å². The van der Waals surface area contributed by atoms with Crippen LogP contribution in [0, 0.1) is 11.7 Å². The van der Waals surface area contributed by atoms with Gasteiger partial charge < -0.3 is 15.5 Å². The molecule has 1 amide bonds. The van der Waals surface area contributed by atoms with Gasteiger partial charge in [-0.2, -0.15) is 0 Å². The van der Waals surface area contributed by atoms with Crippen LogP contribution in [0.2, 0.25) is 0 Å². The first-order chi connectivity index (χ1) is 11.9. The van der Waals surface area contributed by atoms with Gasteiger partial charge in [-0.3, -0.25) is 10.2 Å². The molecule has 136 valence electrons. The number of nitrogens with one attached hydrogen (secondary N) is 4. The molecule has 1 aromatic carbocycles. The molecule has 4 atom stereocenters. The van der Waals surface area contributed by atoms with E-state index in [1.54, 1.807) is 17.0 Å². The lowest BCUT2D eigenvalue weighted by molar-refractivity contribution is -0.132. The van der Waals surface area contributed by atoms with E-state index < -0.39 is 0 Å². The molecule has 6 nitrogen and oxygen atoms in total. The quantitative estimate of drug-likeness (QED) is 0.589. The molecule has 0 saturated carbocycles. The predicted molar refractivity (Wildman–Crippen MR) is 98.1 cm³/mol. The second kappa shape index (κ2) is 7.63. The van der Waals surface area contributed by atoms with Gasteiger partial charge in [0.25, 0.3) is 0 Å². The minimum absolute atomic E-state index is 0.0387. The molecule has 8 heteroatoms. The lowest BCUT2D eigenvalue weighted by Gasteiger charge is -2.34. The van der Waals surface area contributed by atoms with Crippen molar-refractivity contribution >= 4 is 23.2 Å². The zero-order valence-corrected chi connectivity index (χ0v) is 15.2. The van der Waals surface area contributed by atoms with E-state index in [0.29, 0.717) is 18.1 Å². The fourth-order valence-electron chi connectivity index (χ4n) is 3.50. The Hall–Kier alpha value is -1.77. The minimum Gasteiger partial charge on any atom is -0.360 e. The molecule has 2 heterocycles. The van der Waals surface area contributed by atoms with Gasteiger partial charge in [-0.25, -0.2) is 9.82 Å². The van der Waals surface area contributed by atoms with E-state index in [4.69, 9.17) is 12.2 Å². The van der Waals surface area contributed by atoms with Crippen LogP contribution in [0.25, 0.3) is 0 Å². The van der Waals surface area contributed by atoms with Gasteiger partial charge in [-0.15, -0.1) is 0 Å². The monoisotopic (exact) mass is 365 g/mol. The Morgan fingerprint density at radius 3 is 2.72 bits per heavy atom. The van der Waals surface area contributed by atoms with Crippen LogP contribution >= 0.6 is 12.2 Å². The third-order valence-corrected chi connectivity index (χ3v) is 5.01. The number of carbonyl (C=O) groups excluding carboxylic acids is 1. The van der Waals surface area contributed by atoms with Gasteiger partial charge in [0.1, 0.15) is 11.9 Å². The fourth-order valence-corrected chi connectivity index (χ4v) is 3.84. The van der Waals surface area contributed by atoms with Gasteiger partial charge in [-0.05, 0) is 43.3 Å². The van der Waals surface area contributed by atoms with Crippen molar-refractivity contribution < 1.29 is 9.18 Å². The van der Waals surface area contributed by atoms with Crippen molar-refractivity contribution in [2.24, 2.45) is 5.92 Å². The van der Waals surface area contributed by atoms with Crippen molar-refractivity contribution in [1.82, 2.24) is 26.4 Å². The van der Waals surface area contributed by atoms with E-state index >= 15 is 0 Å². The SMILES string of the molecule is C[C@@H]1C[C@@H](C(=O)N(C)CC2CNNC2c2ccc(F)cc2)NC(=S)N1. The van der Waals surface area contributed by atoms with Crippen LogP contribution in [0.15, 0.2) is 24.3 Å². The smallest absolute Gasteiger partial charge is 0.244 e. The molecule has 0 radical (unpaired) electrons. The molecular weight excluding hydrogens is 341 g/mol. The van der Waals surface area contributed by atoms with Gasteiger partial charge in [0, 0.05) is 32.1 Å². The van der Waals surface area contributed by atoms with Crippen LogP contribution < -0.4 is 21.5 Å². The second-order valence-corrected chi connectivity index (χ2v) is 7.25. The van der Waals surface area contributed by atoms with Crippen molar-refractivity contribution in [2.75, 3.05) is 20.1 Å². The third-order valence-electron chi connectivity index (χ3n) is 4.78. The van der Waals surface area contributed by atoms with Gasteiger partial charge >= 0.3 is 0 Å². The number of hydrogen-bond donors (Lipinski definition) is 4. The van der Waals surface area contributed by atoms with Crippen molar-refractivity contribution in [3.8, 4) is 0 Å². The van der Waals surface area contributed by atoms with E-state index in [-0.39, 0.29) is 35.8 Å². The van der Waals surface area contributed by atoms with Crippen LogP contribution in [0.4, 0.5) is 4.39 Å². The zero-order chi connectivity index (χ0) is 18.0. The highest BCUT2D eigenvalue weighted by Gasteiger charge is 2.33. The summed E-state index contributed by atoms with van der Waals surface area (Å²) in [7, 11) is 1.82. The number of hydrazine groups is 1. The summed E-state index contributed by atoms with van der Waals surface area (Å²) in [5.41, 5.74) is 7.38. The number of amides is 1. The molecule has 25 heavy (non-hydrogen) atoms.